The normalized spacial score (nSPS) is 26.1. The number of morpholine rings is 1. The van der Waals surface area contributed by atoms with Crippen molar-refractivity contribution in [2.24, 2.45) is 0 Å². The standard InChI is InChI=1S/C21H27N5O5S2/c27-18(4-2-1-3-17-19-15(12-33(17,29)30)23-20(28)25-19)22-13-5-6-14-16(11-13)32-21(24-14)26-7-9-31-10-8-26/h5-6,11,15,17,19H,1-4,7-10,12H2,(H,22,27)(H2,23,25,28)/t15-,17+,19+/m0/s1. The Balaban J connectivity index is 1.12. The summed E-state index contributed by atoms with van der Waals surface area (Å²) in [5.41, 5.74) is 1.63. The minimum absolute atomic E-state index is 0.0190. The molecule has 2 aromatic rings. The lowest BCUT2D eigenvalue weighted by molar-refractivity contribution is -0.116. The Hall–Kier alpha value is -2.44. The molecule has 0 radical (unpaired) electrons. The van der Waals surface area contributed by atoms with E-state index in [1.165, 1.54) is 0 Å². The van der Waals surface area contributed by atoms with E-state index < -0.39 is 15.1 Å². The fourth-order valence-electron chi connectivity index (χ4n) is 4.74. The SMILES string of the molecule is O=C(CCCC[C@@H]1[C@@H]2NC(=O)N[C@H]2CS1(=O)=O)Nc1ccc2nc(N3CCOCC3)sc2c1. The predicted molar refractivity (Wildman–Crippen MR) is 127 cm³/mol. The fraction of sp³-hybridized carbons (Fsp3) is 0.571. The van der Waals surface area contributed by atoms with Gasteiger partial charge in [-0.15, -0.1) is 0 Å². The average molecular weight is 494 g/mol. The second-order valence-electron chi connectivity index (χ2n) is 8.69. The summed E-state index contributed by atoms with van der Waals surface area (Å²) < 4.78 is 31.2. The first-order valence-electron chi connectivity index (χ1n) is 11.2. The highest BCUT2D eigenvalue weighted by Crippen LogP contribution is 2.31. The smallest absolute Gasteiger partial charge is 0.315 e. The van der Waals surface area contributed by atoms with E-state index in [1.54, 1.807) is 11.3 Å². The van der Waals surface area contributed by atoms with Gasteiger partial charge in [0.25, 0.3) is 0 Å². The number of thiazole rings is 1. The van der Waals surface area contributed by atoms with Gasteiger partial charge >= 0.3 is 6.03 Å². The first-order chi connectivity index (χ1) is 15.9. The Kier molecular flexibility index (Phi) is 6.14. The third-order valence-electron chi connectivity index (χ3n) is 6.41. The number of urea groups is 1. The Bertz CT molecular complexity index is 1160. The van der Waals surface area contributed by atoms with Gasteiger partial charge in [0.15, 0.2) is 15.0 Å². The van der Waals surface area contributed by atoms with Gasteiger partial charge in [0.1, 0.15) is 0 Å². The quantitative estimate of drug-likeness (QED) is 0.393. The Morgan fingerprint density at radius 1 is 1.24 bits per heavy atom. The van der Waals surface area contributed by atoms with E-state index in [2.05, 4.69) is 20.9 Å². The van der Waals surface area contributed by atoms with Gasteiger partial charge in [0.05, 0.1) is 46.5 Å². The first kappa shape index (κ1) is 22.4. The molecule has 0 bridgehead atoms. The highest BCUT2D eigenvalue weighted by atomic mass is 32.2. The molecule has 3 amide bonds. The molecule has 3 aliphatic heterocycles. The monoisotopic (exact) mass is 493 g/mol. The van der Waals surface area contributed by atoms with E-state index >= 15 is 0 Å². The number of amides is 3. The maximum atomic E-state index is 12.4. The summed E-state index contributed by atoms with van der Waals surface area (Å²) in [7, 11) is -3.24. The summed E-state index contributed by atoms with van der Waals surface area (Å²) in [4.78, 5) is 30.8. The van der Waals surface area contributed by atoms with Gasteiger partial charge in [-0.1, -0.05) is 17.8 Å². The number of nitrogens with one attached hydrogen (secondary N) is 3. The second-order valence-corrected chi connectivity index (χ2v) is 12.0. The van der Waals surface area contributed by atoms with Crippen LogP contribution in [0.3, 0.4) is 0 Å². The van der Waals surface area contributed by atoms with Gasteiger partial charge < -0.3 is 25.6 Å². The number of unbranched alkanes of at least 4 members (excludes halogenated alkanes) is 1. The van der Waals surface area contributed by atoms with Crippen LogP contribution in [0.25, 0.3) is 10.2 Å². The summed E-state index contributed by atoms with van der Waals surface area (Å²) in [6.07, 6.45) is 1.94. The zero-order valence-electron chi connectivity index (χ0n) is 18.1. The van der Waals surface area contributed by atoms with Crippen molar-refractivity contribution in [1.29, 1.82) is 0 Å². The molecular formula is C21H27N5O5S2. The number of nitrogens with zero attached hydrogens (tertiary/aromatic N) is 2. The number of ether oxygens (including phenoxy) is 1. The number of fused-ring (bicyclic) bond motifs is 2. The molecular weight excluding hydrogens is 466 g/mol. The van der Waals surface area contributed by atoms with Crippen LogP contribution < -0.4 is 20.9 Å². The van der Waals surface area contributed by atoms with Crippen molar-refractivity contribution in [2.45, 2.75) is 43.0 Å². The molecule has 0 aliphatic carbocycles. The molecule has 3 atom stereocenters. The number of rotatable bonds is 7. The summed E-state index contributed by atoms with van der Waals surface area (Å²) in [6, 6.07) is 4.68. The molecule has 5 rings (SSSR count). The molecule has 0 saturated carbocycles. The Morgan fingerprint density at radius 2 is 2.06 bits per heavy atom. The molecule has 12 heteroatoms. The summed E-state index contributed by atoms with van der Waals surface area (Å²) >= 11 is 1.60. The number of aromatic nitrogens is 1. The van der Waals surface area contributed by atoms with Gasteiger partial charge in [-0.2, -0.15) is 0 Å². The van der Waals surface area contributed by atoms with Crippen LogP contribution in [0.2, 0.25) is 0 Å². The third-order valence-corrected chi connectivity index (χ3v) is 9.76. The summed E-state index contributed by atoms with van der Waals surface area (Å²) in [6.45, 7) is 3.07. The fourth-order valence-corrected chi connectivity index (χ4v) is 8.07. The van der Waals surface area contributed by atoms with Crippen molar-refractivity contribution >= 4 is 54.1 Å². The lowest BCUT2D eigenvalue weighted by Crippen LogP contribution is -2.39. The molecule has 3 saturated heterocycles. The van der Waals surface area contributed by atoms with Gasteiger partial charge in [-0.25, -0.2) is 18.2 Å². The minimum Gasteiger partial charge on any atom is -0.378 e. The van der Waals surface area contributed by atoms with Crippen LogP contribution in [0, 0.1) is 0 Å². The van der Waals surface area contributed by atoms with Gasteiger partial charge in [0.2, 0.25) is 5.91 Å². The van der Waals surface area contributed by atoms with Crippen molar-refractivity contribution in [1.82, 2.24) is 15.6 Å². The molecule has 10 nitrogen and oxygen atoms in total. The lowest BCUT2D eigenvalue weighted by atomic mass is 10.0. The molecule has 3 fully saturated rings. The number of carbonyl (C=O) groups excluding carboxylic acids is 2. The van der Waals surface area contributed by atoms with Crippen molar-refractivity contribution in [3.63, 3.8) is 0 Å². The zero-order valence-corrected chi connectivity index (χ0v) is 19.7. The summed E-state index contributed by atoms with van der Waals surface area (Å²) in [5, 5.41) is 8.70. The summed E-state index contributed by atoms with van der Waals surface area (Å²) in [5.74, 6) is -0.121. The molecule has 3 N–H and O–H groups in total. The molecule has 1 aromatic carbocycles. The van der Waals surface area contributed by atoms with Crippen LogP contribution >= 0.6 is 11.3 Å². The number of carbonyl (C=O) groups is 2. The zero-order chi connectivity index (χ0) is 23.0. The van der Waals surface area contributed by atoms with E-state index in [0.29, 0.717) is 38.9 Å². The first-order valence-corrected chi connectivity index (χ1v) is 13.7. The lowest BCUT2D eigenvalue weighted by Gasteiger charge is -2.25. The van der Waals surface area contributed by atoms with E-state index in [-0.39, 0.29) is 29.8 Å². The highest BCUT2D eigenvalue weighted by Gasteiger charge is 2.51. The number of anilines is 2. The van der Waals surface area contributed by atoms with E-state index in [1.807, 2.05) is 18.2 Å². The number of benzene rings is 1. The molecule has 1 aromatic heterocycles. The van der Waals surface area contributed by atoms with Crippen molar-refractivity contribution in [3.8, 4) is 0 Å². The van der Waals surface area contributed by atoms with Crippen LogP contribution in [0.5, 0.6) is 0 Å². The van der Waals surface area contributed by atoms with Gasteiger partial charge in [0, 0.05) is 25.2 Å². The molecule has 3 aliphatic rings. The molecule has 0 spiro atoms. The van der Waals surface area contributed by atoms with E-state index in [9.17, 15) is 18.0 Å². The second kappa shape index (κ2) is 9.07. The Labute approximate surface area is 196 Å². The van der Waals surface area contributed by atoms with Gasteiger partial charge in [-0.05, 0) is 31.0 Å². The van der Waals surface area contributed by atoms with E-state index in [4.69, 9.17) is 9.72 Å². The van der Waals surface area contributed by atoms with Gasteiger partial charge in [-0.3, -0.25) is 4.79 Å². The maximum absolute atomic E-state index is 12.4. The Morgan fingerprint density at radius 3 is 2.88 bits per heavy atom. The third kappa shape index (κ3) is 4.78. The number of hydrogen-bond acceptors (Lipinski definition) is 8. The van der Waals surface area contributed by atoms with Crippen LogP contribution in [0.1, 0.15) is 25.7 Å². The predicted octanol–water partition coefficient (Wildman–Crippen LogP) is 1.48. The largest absolute Gasteiger partial charge is 0.378 e. The highest BCUT2D eigenvalue weighted by molar-refractivity contribution is 7.92. The molecule has 33 heavy (non-hydrogen) atoms. The van der Waals surface area contributed by atoms with Crippen LogP contribution in [0.4, 0.5) is 15.6 Å². The molecule has 4 heterocycles. The van der Waals surface area contributed by atoms with Crippen molar-refractivity contribution < 1.29 is 22.7 Å². The van der Waals surface area contributed by atoms with Crippen molar-refractivity contribution in [3.05, 3.63) is 18.2 Å². The average Bonchev–Trinajstić information content (AvgIpc) is 3.42. The number of hydrogen-bond donors (Lipinski definition) is 3. The van der Waals surface area contributed by atoms with Crippen molar-refractivity contribution in [2.75, 3.05) is 42.3 Å². The van der Waals surface area contributed by atoms with Crippen LogP contribution in [-0.2, 0) is 19.4 Å². The molecule has 178 valence electrons. The van der Waals surface area contributed by atoms with E-state index in [0.717, 1.165) is 34.1 Å². The molecule has 0 unspecified atom stereocenters. The minimum atomic E-state index is -3.24. The maximum Gasteiger partial charge on any atom is 0.315 e. The topological polar surface area (TPSA) is 130 Å². The number of sulfone groups is 1. The van der Waals surface area contributed by atoms with Crippen LogP contribution in [0.15, 0.2) is 18.2 Å². The van der Waals surface area contributed by atoms with Crippen LogP contribution in [-0.4, -0.2) is 74.7 Å².